The van der Waals surface area contributed by atoms with Gasteiger partial charge in [-0.15, -0.1) is 0 Å². The van der Waals surface area contributed by atoms with Crippen molar-refractivity contribution in [1.29, 1.82) is 0 Å². The van der Waals surface area contributed by atoms with Crippen LogP contribution in [0.1, 0.15) is 6.42 Å². The summed E-state index contributed by atoms with van der Waals surface area (Å²) < 4.78 is 6.90. The molecule has 0 aliphatic carbocycles. The number of hydrogen-bond acceptors (Lipinski definition) is 6. The Morgan fingerprint density at radius 1 is 1.18 bits per heavy atom. The molecule has 144 valence electrons. The zero-order chi connectivity index (χ0) is 19.5. The molecular weight excluding hydrogens is 354 g/mol. The third-order valence-electron chi connectivity index (χ3n) is 5.00. The molecule has 0 unspecified atom stereocenters. The van der Waals surface area contributed by atoms with E-state index < -0.39 is 0 Å². The highest BCUT2D eigenvalue weighted by atomic mass is 16.5. The fourth-order valence-corrected chi connectivity index (χ4v) is 3.49. The van der Waals surface area contributed by atoms with Crippen molar-refractivity contribution in [2.45, 2.75) is 12.5 Å². The maximum Gasteiger partial charge on any atom is 0.255 e. The zero-order valence-corrected chi connectivity index (χ0v) is 16.0. The number of methoxy groups -OCH3 is 1. The molecule has 0 spiro atoms. The number of nitrogens with zero attached hydrogens (tertiary/aromatic N) is 4. The summed E-state index contributed by atoms with van der Waals surface area (Å²) in [5.74, 6) is 1.52. The number of rotatable bonds is 5. The first-order chi connectivity index (χ1) is 13.6. The average Bonchev–Trinajstić information content (AvgIpc) is 3.19. The number of anilines is 2. The SMILES string of the molecule is COc1cccc(N[C@@H]2CCN(c3nc(-c4ccncc4)cc(=O)n3C)C2)c1. The summed E-state index contributed by atoms with van der Waals surface area (Å²) in [5.41, 5.74) is 2.52. The highest BCUT2D eigenvalue weighted by molar-refractivity contribution is 5.59. The van der Waals surface area contributed by atoms with Crippen LogP contribution in [-0.4, -0.2) is 40.8 Å². The number of hydrogen-bond donors (Lipinski definition) is 1. The van der Waals surface area contributed by atoms with E-state index in [0.29, 0.717) is 11.6 Å². The largest absolute Gasteiger partial charge is 0.497 e. The van der Waals surface area contributed by atoms with Crippen molar-refractivity contribution in [3.05, 3.63) is 65.2 Å². The molecule has 0 bridgehead atoms. The van der Waals surface area contributed by atoms with Crippen molar-refractivity contribution in [2.75, 3.05) is 30.4 Å². The van der Waals surface area contributed by atoms with Crippen LogP contribution in [0.2, 0.25) is 0 Å². The number of aromatic nitrogens is 3. The van der Waals surface area contributed by atoms with Gasteiger partial charge in [0.15, 0.2) is 0 Å². The Labute approximate surface area is 163 Å². The van der Waals surface area contributed by atoms with E-state index in [2.05, 4.69) is 15.2 Å². The Balaban J connectivity index is 1.55. The molecule has 0 radical (unpaired) electrons. The lowest BCUT2D eigenvalue weighted by atomic mass is 10.2. The van der Waals surface area contributed by atoms with Crippen LogP contribution in [0.5, 0.6) is 5.75 Å². The number of pyridine rings is 1. The van der Waals surface area contributed by atoms with Crippen LogP contribution in [0.15, 0.2) is 59.7 Å². The summed E-state index contributed by atoms with van der Waals surface area (Å²) in [7, 11) is 3.43. The minimum atomic E-state index is -0.0685. The third-order valence-corrected chi connectivity index (χ3v) is 5.00. The summed E-state index contributed by atoms with van der Waals surface area (Å²) in [6.07, 6.45) is 4.38. The van der Waals surface area contributed by atoms with Gasteiger partial charge in [0.2, 0.25) is 5.95 Å². The van der Waals surface area contributed by atoms with Crippen molar-refractivity contribution in [3.8, 4) is 17.0 Å². The van der Waals surface area contributed by atoms with Gasteiger partial charge in [-0.3, -0.25) is 14.3 Å². The Hall–Kier alpha value is -3.35. The van der Waals surface area contributed by atoms with Gasteiger partial charge >= 0.3 is 0 Å². The van der Waals surface area contributed by atoms with Crippen molar-refractivity contribution in [1.82, 2.24) is 14.5 Å². The molecule has 2 aromatic heterocycles. The Kier molecular flexibility index (Phi) is 4.97. The molecule has 4 rings (SSSR count). The second-order valence-electron chi connectivity index (χ2n) is 6.88. The molecule has 0 amide bonds. The quantitative estimate of drug-likeness (QED) is 0.737. The van der Waals surface area contributed by atoms with Crippen LogP contribution in [0.25, 0.3) is 11.3 Å². The second-order valence-corrected chi connectivity index (χ2v) is 6.88. The van der Waals surface area contributed by atoms with Crippen LogP contribution < -0.4 is 20.5 Å². The van der Waals surface area contributed by atoms with E-state index in [0.717, 1.165) is 36.5 Å². The van der Waals surface area contributed by atoms with Crippen LogP contribution in [0.4, 0.5) is 11.6 Å². The minimum absolute atomic E-state index is 0.0685. The molecule has 28 heavy (non-hydrogen) atoms. The highest BCUT2D eigenvalue weighted by Gasteiger charge is 2.25. The van der Waals surface area contributed by atoms with Gasteiger partial charge in [-0.2, -0.15) is 0 Å². The Morgan fingerprint density at radius 2 is 2.00 bits per heavy atom. The van der Waals surface area contributed by atoms with Crippen molar-refractivity contribution >= 4 is 11.6 Å². The molecule has 1 saturated heterocycles. The van der Waals surface area contributed by atoms with E-state index >= 15 is 0 Å². The standard InChI is InChI=1S/C21H23N5O2/c1-25-20(27)13-19(15-6-9-22-10-7-15)24-21(25)26-11-8-17(14-26)23-16-4-3-5-18(12-16)28-2/h3-7,9-10,12-13,17,23H,8,11,14H2,1-2H3/t17-/m1/s1. The molecule has 3 aromatic rings. The van der Waals surface area contributed by atoms with Crippen molar-refractivity contribution in [3.63, 3.8) is 0 Å². The predicted molar refractivity (Wildman–Crippen MR) is 110 cm³/mol. The molecule has 1 aliphatic heterocycles. The minimum Gasteiger partial charge on any atom is -0.497 e. The summed E-state index contributed by atoms with van der Waals surface area (Å²) in [6.45, 7) is 1.61. The molecule has 7 heteroatoms. The highest BCUT2D eigenvalue weighted by Crippen LogP contribution is 2.24. The van der Waals surface area contributed by atoms with Crippen molar-refractivity contribution in [2.24, 2.45) is 7.05 Å². The van der Waals surface area contributed by atoms with E-state index in [-0.39, 0.29) is 11.6 Å². The van der Waals surface area contributed by atoms with Crippen LogP contribution in [0.3, 0.4) is 0 Å². The molecule has 1 fully saturated rings. The van der Waals surface area contributed by atoms with Gasteiger partial charge in [-0.1, -0.05) is 6.07 Å². The average molecular weight is 377 g/mol. The monoisotopic (exact) mass is 377 g/mol. The molecule has 1 aliphatic rings. The molecule has 1 atom stereocenters. The zero-order valence-electron chi connectivity index (χ0n) is 16.0. The normalized spacial score (nSPS) is 16.2. The lowest BCUT2D eigenvalue weighted by molar-refractivity contribution is 0.415. The molecule has 3 heterocycles. The number of nitrogens with one attached hydrogen (secondary N) is 1. The van der Waals surface area contributed by atoms with Gasteiger partial charge in [-0.25, -0.2) is 4.98 Å². The summed E-state index contributed by atoms with van der Waals surface area (Å²) in [4.78, 5) is 23.4. The molecule has 0 saturated carbocycles. The van der Waals surface area contributed by atoms with Crippen molar-refractivity contribution < 1.29 is 4.74 Å². The van der Waals surface area contributed by atoms with Gasteiger partial charge in [0.05, 0.1) is 12.8 Å². The van der Waals surface area contributed by atoms with Gasteiger partial charge in [0.1, 0.15) is 5.75 Å². The lowest BCUT2D eigenvalue weighted by Crippen LogP contribution is -2.32. The Bertz CT molecular complexity index is 1020. The Morgan fingerprint density at radius 3 is 2.79 bits per heavy atom. The smallest absolute Gasteiger partial charge is 0.255 e. The number of ether oxygens (including phenoxy) is 1. The molecule has 7 nitrogen and oxygen atoms in total. The van der Waals surface area contributed by atoms with E-state index in [4.69, 9.17) is 9.72 Å². The maximum atomic E-state index is 12.5. The summed E-state index contributed by atoms with van der Waals surface area (Å²) in [6, 6.07) is 13.5. The molecular formula is C21H23N5O2. The van der Waals surface area contributed by atoms with E-state index in [1.807, 2.05) is 36.4 Å². The molecule has 1 N–H and O–H groups in total. The first-order valence-electron chi connectivity index (χ1n) is 9.28. The van der Waals surface area contributed by atoms with E-state index in [1.165, 1.54) is 0 Å². The first-order valence-corrected chi connectivity index (χ1v) is 9.28. The maximum absolute atomic E-state index is 12.5. The second kappa shape index (κ2) is 7.72. The fraction of sp³-hybridized carbons (Fsp3) is 0.286. The van der Waals surface area contributed by atoms with E-state index in [1.54, 1.807) is 37.2 Å². The van der Waals surface area contributed by atoms with Gasteiger partial charge < -0.3 is 15.0 Å². The number of benzene rings is 1. The molecule has 1 aromatic carbocycles. The van der Waals surface area contributed by atoms with Gasteiger partial charge in [0, 0.05) is 62.0 Å². The first kappa shape index (κ1) is 18.0. The van der Waals surface area contributed by atoms with E-state index in [9.17, 15) is 4.79 Å². The van der Waals surface area contributed by atoms with Crippen LogP contribution in [0, 0.1) is 0 Å². The van der Waals surface area contributed by atoms with Gasteiger partial charge in [-0.05, 0) is 30.7 Å². The van der Waals surface area contributed by atoms with Crippen LogP contribution in [-0.2, 0) is 7.05 Å². The summed E-state index contributed by atoms with van der Waals surface area (Å²) in [5, 5.41) is 3.55. The topological polar surface area (TPSA) is 72.3 Å². The lowest BCUT2D eigenvalue weighted by Gasteiger charge is -2.21. The predicted octanol–water partition coefficient (Wildman–Crippen LogP) is 2.54. The van der Waals surface area contributed by atoms with Gasteiger partial charge in [0.25, 0.3) is 5.56 Å². The van der Waals surface area contributed by atoms with Crippen LogP contribution >= 0.6 is 0 Å². The fourth-order valence-electron chi connectivity index (χ4n) is 3.49. The third kappa shape index (κ3) is 3.69. The summed E-state index contributed by atoms with van der Waals surface area (Å²) >= 11 is 0.